The zero-order chi connectivity index (χ0) is 10.6. The maximum absolute atomic E-state index is 12.5. The highest BCUT2D eigenvalue weighted by Crippen LogP contribution is 2.09. The fourth-order valence-electron chi connectivity index (χ4n) is 1.18. The second-order valence-corrected chi connectivity index (χ2v) is 3.10. The molecule has 1 rings (SSSR count). The van der Waals surface area contributed by atoms with Gasteiger partial charge in [-0.3, -0.25) is 4.79 Å². The van der Waals surface area contributed by atoms with Gasteiger partial charge in [0.05, 0.1) is 5.92 Å². The highest BCUT2D eigenvalue weighted by Gasteiger charge is 2.15. The first-order valence-corrected chi connectivity index (χ1v) is 4.31. The second-order valence-electron chi connectivity index (χ2n) is 3.10. The average molecular weight is 234 g/mol. The molecule has 0 saturated heterocycles. The Bertz CT molecular complexity index is 316. The Hall–Kier alpha value is -1.13. The molecule has 3 N–H and O–H groups in total. The lowest BCUT2D eigenvalue weighted by molar-refractivity contribution is -0.141. The summed E-state index contributed by atoms with van der Waals surface area (Å²) in [6.45, 7) is 0.0900. The molecule has 0 radical (unpaired) electrons. The Labute approximate surface area is 93.5 Å². The van der Waals surface area contributed by atoms with E-state index in [0.29, 0.717) is 6.42 Å². The van der Waals surface area contributed by atoms with Gasteiger partial charge in [0.1, 0.15) is 5.82 Å². The molecule has 0 aromatic heterocycles. The van der Waals surface area contributed by atoms with E-state index in [2.05, 4.69) is 0 Å². The quantitative estimate of drug-likeness (QED) is 0.828. The Morgan fingerprint density at radius 2 is 1.93 bits per heavy atom. The zero-order valence-corrected chi connectivity index (χ0v) is 8.84. The molecule has 0 saturated carbocycles. The summed E-state index contributed by atoms with van der Waals surface area (Å²) < 4.78 is 12.5. The Kier molecular flexibility index (Phi) is 5.89. The first-order valence-electron chi connectivity index (χ1n) is 4.31. The number of hydrogen-bond donors (Lipinski definition) is 2. The van der Waals surface area contributed by atoms with Crippen LogP contribution in [0.25, 0.3) is 0 Å². The van der Waals surface area contributed by atoms with E-state index in [1.54, 1.807) is 12.1 Å². The van der Waals surface area contributed by atoms with Crippen molar-refractivity contribution in [3.8, 4) is 0 Å². The molecule has 15 heavy (non-hydrogen) atoms. The Morgan fingerprint density at radius 1 is 1.40 bits per heavy atom. The second kappa shape index (κ2) is 6.37. The van der Waals surface area contributed by atoms with Crippen molar-refractivity contribution in [3.63, 3.8) is 0 Å². The van der Waals surface area contributed by atoms with Gasteiger partial charge in [0.25, 0.3) is 0 Å². The first-order chi connectivity index (χ1) is 6.63. The van der Waals surface area contributed by atoms with Crippen molar-refractivity contribution < 1.29 is 14.3 Å². The van der Waals surface area contributed by atoms with E-state index < -0.39 is 11.9 Å². The van der Waals surface area contributed by atoms with E-state index in [0.717, 1.165) is 5.56 Å². The third-order valence-corrected chi connectivity index (χ3v) is 2.03. The number of nitrogens with two attached hydrogens (primary N) is 1. The van der Waals surface area contributed by atoms with Crippen LogP contribution in [0, 0.1) is 11.7 Å². The lowest BCUT2D eigenvalue weighted by Gasteiger charge is -2.08. The van der Waals surface area contributed by atoms with Crippen LogP contribution in [0.15, 0.2) is 24.3 Å². The summed E-state index contributed by atoms with van der Waals surface area (Å²) in [6, 6.07) is 5.76. The van der Waals surface area contributed by atoms with Gasteiger partial charge in [-0.15, -0.1) is 12.4 Å². The van der Waals surface area contributed by atoms with E-state index in [9.17, 15) is 9.18 Å². The monoisotopic (exact) mass is 233 g/mol. The van der Waals surface area contributed by atoms with Crippen LogP contribution < -0.4 is 5.73 Å². The molecule has 0 aliphatic heterocycles. The van der Waals surface area contributed by atoms with Gasteiger partial charge in [0, 0.05) is 6.54 Å². The number of hydrogen-bond acceptors (Lipinski definition) is 2. The fraction of sp³-hybridized carbons (Fsp3) is 0.300. The third-order valence-electron chi connectivity index (χ3n) is 2.03. The predicted molar refractivity (Wildman–Crippen MR) is 57.5 cm³/mol. The molecular weight excluding hydrogens is 221 g/mol. The molecule has 0 unspecified atom stereocenters. The minimum Gasteiger partial charge on any atom is -0.481 e. The minimum atomic E-state index is -0.920. The van der Waals surface area contributed by atoms with E-state index in [-0.39, 0.29) is 24.8 Å². The number of carboxylic acids is 1. The van der Waals surface area contributed by atoms with Gasteiger partial charge in [-0.25, -0.2) is 4.39 Å². The zero-order valence-electron chi connectivity index (χ0n) is 8.02. The van der Waals surface area contributed by atoms with Crippen molar-refractivity contribution in [2.75, 3.05) is 6.54 Å². The largest absolute Gasteiger partial charge is 0.481 e. The predicted octanol–water partition coefficient (Wildman–Crippen LogP) is 1.45. The van der Waals surface area contributed by atoms with Gasteiger partial charge in [-0.1, -0.05) is 12.1 Å². The van der Waals surface area contributed by atoms with Gasteiger partial charge < -0.3 is 10.8 Å². The summed E-state index contributed by atoms with van der Waals surface area (Å²) >= 11 is 0. The van der Waals surface area contributed by atoms with Gasteiger partial charge in [-0.2, -0.15) is 0 Å². The number of aliphatic carboxylic acids is 1. The topological polar surface area (TPSA) is 63.3 Å². The van der Waals surface area contributed by atoms with E-state index >= 15 is 0 Å². The number of carboxylic acid groups (broad SMARTS) is 1. The summed E-state index contributed by atoms with van der Waals surface area (Å²) in [5.74, 6) is -1.84. The highest BCUT2D eigenvalue weighted by molar-refractivity contribution is 5.85. The van der Waals surface area contributed by atoms with Crippen molar-refractivity contribution in [2.24, 2.45) is 11.7 Å². The van der Waals surface area contributed by atoms with Crippen LogP contribution in [0.4, 0.5) is 4.39 Å². The SMILES string of the molecule is Cl.NC[C@H](Cc1ccc(F)cc1)C(=O)O. The van der Waals surface area contributed by atoms with Gasteiger partial charge in [-0.05, 0) is 24.1 Å². The molecule has 0 aliphatic carbocycles. The molecular formula is C10H13ClFNO2. The molecule has 0 heterocycles. The molecule has 1 aromatic rings. The maximum Gasteiger partial charge on any atom is 0.308 e. The fourth-order valence-corrected chi connectivity index (χ4v) is 1.18. The van der Waals surface area contributed by atoms with Crippen LogP contribution in [-0.4, -0.2) is 17.6 Å². The smallest absolute Gasteiger partial charge is 0.308 e. The minimum absolute atomic E-state index is 0. The summed E-state index contributed by atoms with van der Waals surface area (Å²) in [5.41, 5.74) is 6.08. The number of halogens is 2. The van der Waals surface area contributed by atoms with Crippen LogP contribution in [-0.2, 0) is 11.2 Å². The van der Waals surface area contributed by atoms with Crippen LogP contribution in [0.1, 0.15) is 5.56 Å². The van der Waals surface area contributed by atoms with E-state index in [1.165, 1.54) is 12.1 Å². The van der Waals surface area contributed by atoms with Crippen molar-refractivity contribution in [2.45, 2.75) is 6.42 Å². The lowest BCUT2D eigenvalue weighted by atomic mass is 10.00. The van der Waals surface area contributed by atoms with E-state index in [1.807, 2.05) is 0 Å². The van der Waals surface area contributed by atoms with Crippen LogP contribution in [0.3, 0.4) is 0 Å². The maximum atomic E-state index is 12.5. The Morgan fingerprint density at radius 3 is 2.33 bits per heavy atom. The third kappa shape index (κ3) is 4.27. The molecule has 3 nitrogen and oxygen atoms in total. The highest BCUT2D eigenvalue weighted by atomic mass is 35.5. The molecule has 0 aliphatic rings. The Balaban J connectivity index is 0.00000196. The molecule has 0 fully saturated rings. The molecule has 5 heteroatoms. The van der Waals surface area contributed by atoms with Crippen LogP contribution in [0.5, 0.6) is 0 Å². The molecule has 84 valence electrons. The summed E-state index contributed by atoms with van der Waals surface area (Å²) in [5, 5.41) is 8.74. The number of benzene rings is 1. The van der Waals surface area contributed by atoms with Crippen LogP contribution >= 0.6 is 12.4 Å². The van der Waals surface area contributed by atoms with Gasteiger partial charge in [0.2, 0.25) is 0 Å². The van der Waals surface area contributed by atoms with E-state index in [4.69, 9.17) is 10.8 Å². The van der Waals surface area contributed by atoms with Gasteiger partial charge >= 0.3 is 5.97 Å². The molecule has 0 spiro atoms. The molecule has 0 bridgehead atoms. The van der Waals surface area contributed by atoms with Crippen molar-refractivity contribution in [1.29, 1.82) is 0 Å². The molecule has 0 amide bonds. The van der Waals surface area contributed by atoms with Gasteiger partial charge in [0.15, 0.2) is 0 Å². The average Bonchev–Trinajstić information content (AvgIpc) is 2.16. The lowest BCUT2D eigenvalue weighted by Crippen LogP contribution is -2.25. The first kappa shape index (κ1) is 13.9. The number of carbonyl (C=O) groups is 1. The molecule has 1 atom stereocenters. The standard InChI is InChI=1S/C10H12FNO2.ClH/c11-9-3-1-7(2-4-9)5-8(6-12)10(13)14;/h1-4,8H,5-6,12H2,(H,13,14);1H/t8-;/m0./s1. The molecule has 1 aromatic carbocycles. The number of rotatable bonds is 4. The normalized spacial score (nSPS) is 11.6. The van der Waals surface area contributed by atoms with Crippen LogP contribution in [0.2, 0.25) is 0 Å². The van der Waals surface area contributed by atoms with Crippen molar-refractivity contribution in [1.82, 2.24) is 0 Å². The van der Waals surface area contributed by atoms with Crippen molar-refractivity contribution in [3.05, 3.63) is 35.6 Å². The summed E-state index contributed by atoms with van der Waals surface area (Å²) in [6.07, 6.45) is 0.339. The summed E-state index contributed by atoms with van der Waals surface area (Å²) in [7, 11) is 0. The summed E-state index contributed by atoms with van der Waals surface area (Å²) in [4.78, 5) is 10.6. The van der Waals surface area contributed by atoms with Crippen molar-refractivity contribution >= 4 is 18.4 Å².